The minimum Gasteiger partial charge on any atom is -0.355 e. The lowest BCUT2D eigenvalue weighted by Crippen LogP contribution is -2.49. The summed E-state index contributed by atoms with van der Waals surface area (Å²) in [5, 5.41) is 2.77. The molecule has 0 aliphatic carbocycles. The lowest BCUT2D eigenvalue weighted by Gasteiger charge is -2.36. The van der Waals surface area contributed by atoms with Gasteiger partial charge in [-0.2, -0.15) is 4.39 Å². The molecule has 8 nitrogen and oxygen atoms in total. The molecule has 0 aromatic carbocycles. The molecule has 2 aliphatic heterocycles. The molecule has 0 saturated carbocycles. The topological polar surface area (TPSA) is 95.0 Å². The number of aliphatic imine (C=N–C) groups is 1. The average Bonchev–Trinajstić information content (AvgIpc) is 3.09. The molecule has 0 spiro atoms. The maximum absolute atomic E-state index is 14.0. The molecule has 1 aromatic heterocycles. The van der Waals surface area contributed by atoms with Crippen molar-refractivity contribution in [2.45, 2.75) is 46.1 Å². The number of pyridine rings is 1. The Hall–Kier alpha value is -3.62. The third-order valence-electron chi connectivity index (χ3n) is 5.35. The van der Waals surface area contributed by atoms with Crippen LogP contribution in [0.25, 0.3) is 5.57 Å². The zero-order valence-corrected chi connectivity index (χ0v) is 20.3. The van der Waals surface area contributed by atoms with Gasteiger partial charge >= 0.3 is 0 Å². The second-order valence-corrected chi connectivity index (χ2v) is 7.74. The van der Waals surface area contributed by atoms with Gasteiger partial charge in [-0.15, -0.1) is 0 Å². The van der Waals surface area contributed by atoms with Crippen molar-refractivity contribution >= 4 is 29.9 Å². The van der Waals surface area contributed by atoms with Gasteiger partial charge in [-0.3, -0.25) is 14.4 Å². The summed E-state index contributed by atoms with van der Waals surface area (Å²) in [5.74, 6) is -0.937. The van der Waals surface area contributed by atoms with E-state index in [0.29, 0.717) is 54.6 Å². The normalized spacial score (nSPS) is 16.4. The number of nitrogens with zero attached hydrogens (tertiary/aromatic N) is 4. The first-order valence-corrected chi connectivity index (χ1v) is 11.4. The third kappa shape index (κ3) is 6.24. The Morgan fingerprint density at radius 2 is 2.00 bits per heavy atom. The van der Waals surface area contributed by atoms with Crippen molar-refractivity contribution < 1.29 is 18.8 Å². The van der Waals surface area contributed by atoms with Crippen LogP contribution < -0.4 is 5.32 Å². The van der Waals surface area contributed by atoms with E-state index in [4.69, 9.17) is 0 Å². The van der Waals surface area contributed by atoms with Crippen LogP contribution in [0.3, 0.4) is 0 Å². The van der Waals surface area contributed by atoms with E-state index in [2.05, 4.69) is 15.3 Å². The van der Waals surface area contributed by atoms with Crippen molar-refractivity contribution in [2.24, 2.45) is 4.99 Å². The molecular formula is C25H32FN5O3. The van der Waals surface area contributed by atoms with E-state index in [9.17, 15) is 18.8 Å². The van der Waals surface area contributed by atoms with Crippen LogP contribution >= 0.6 is 0 Å². The highest BCUT2D eigenvalue weighted by molar-refractivity contribution is 6.10. The largest absolute Gasteiger partial charge is 0.355 e. The Balaban J connectivity index is 0.00000199. The fourth-order valence-electron chi connectivity index (χ4n) is 3.61. The summed E-state index contributed by atoms with van der Waals surface area (Å²) >= 11 is 0. The number of hydrogen-bond acceptors (Lipinski definition) is 6. The Kier molecular flexibility index (Phi) is 9.85. The fourth-order valence-corrected chi connectivity index (χ4v) is 3.61. The maximum atomic E-state index is 14.0. The predicted molar refractivity (Wildman–Crippen MR) is 130 cm³/mol. The van der Waals surface area contributed by atoms with Gasteiger partial charge < -0.3 is 15.1 Å². The Morgan fingerprint density at radius 1 is 1.26 bits per heavy atom. The van der Waals surface area contributed by atoms with Gasteiger partial charge in [0.15, 0.2) is 0 Å². The second kappa shape index (κ2) is 12.6. The van der Waals surface area contributed by atoms with E-state index < -0.39 is 12.0 Å². The van der Waals surface area contributed by atoms with Crippen molar-refractivity contribution in [3.8, 4) is 0 Å². The third-order valence-corrected chi connectivity index (χ3v) is 5.35. The molecule has 2 amide bonds. The summed E-state index contributed by atoms with van der Waals surface area (Å²) in [7, 11) is 3.21. The standard InChI is InChI=1S/C23H26FN5O3.C2H6/c1-15(29-12-6-8-17(14-30)20(29)23(32)28(2)3)22(31)27-19-10-4-7-16(13-26-19)18-9-5-11-25-21(18)24;1-2/h5,7,9-11,13-15H,4,6,8,12H2,1-3H3,(H,27,31);1-2H3. The van der Waals surface area contributed by atoms with Crippen LogP contribution in [0.5, 0.6) is 0 Å². The van der Waals surface area contributed by atoms with Gasteiger partial charge in [-0.05, 0) is 44.4 Å². The minimum atomic E-state index is -0.702. The monoisotopic (exact) mass is 469 g/mol. The van der Waals surface area contributed by atoms with E-state index in [1.807, 2.05) is 13.8 Å². The summed E-state index contributed by atoms with van der Waals surface area (Å²) in [6, 6.07) is 2.55. The number of aromatic nitrogens is 1. The molecule has 1 N–H and O–H groups in total. The van der Waals surface area contributed by atoms with Crippen molar-refractivity contribution in [1.82, 2.24) is 20.1 Å². The SMILES string of the molecule is CC.CC(C(=O)NC1=CCC=C(c2cccnc2F)C=N1)N1CCCC(C=O)=C1C(=O)N(C)C. The highest BCUT2D eigenvalue weighted by atomic mass is 19.1. The van der Waals surface area contributed by atoms with Gasteiger partial charge in [0.05, 0.1) is 0 Å². The molecule has 9 heteroatoms. The minimum absolute atomic E-state index is 0.258. The first-order chi connectivity index (χ1) is 16.3. The molecule has 1 aromatic rings. The maximum Gasteiger partial charge on any atom is 0.270 e. The van der Waals surface area contributed by atoms with E-state index in [1.165, 1.54) is 17.3 Å². The van der Waals surface area contributed by atoms with Crippen molar-refractivity contribution in [1.29, 1.82) is 0 Å². The zero-order chi connectivity index (χ0) is 25.3. The molecular weight excluding hydrogens is 437 g/mol. The predicted octanol–water partition coefficient (Wildman–Crippen LogP) is 3.09. The molecule has 0 saturated heterocycles. The molecule has 0 bridgehead atoms. The number of rotatable bonds is 6. The van der Waals surface area contributed by atoms with Crippen LogP contribution in [0.1, 0.15) is 45.6 Å². The molecule has 182 valence electrons. The Morgan fingerprint density at radius 3 is 2.65 bits per heavy atom. The number of hydrogen-bond donors (Lipinski definition) is 1. The summed E-state index contributed by atoms with van der Waals surface area (Å²) in [6.45, 7) is 6.16. The quantitative estimate of drug-likeness (QED) is 0.510. The lowest BCUT2D eigenvalue weighted by atomic mass is 10.00. The first-order valence-electron chi connectivity index (χ1n) is 11.4. The fraction of sp³-hybridized carbons (Fsp3) is 0.400. The number of halogens is 1. The Labute approximate surface area is 199 Å². The van der Waals surface area contributed by atoms with E-state index in [0.717, 1.165) is 0 Å². The lowest BCUT2D eigenvalue weighted by molar-refractivity contribution is -0.129. The molecule has 3 heterocycles. The molecule has 1 unspecified atom stereocenters. The summed E-state index contributed by atoms with van der Waals surface area (Å²) in [5.41, 5.74) is 1.55. The van der Waals surface area contributed by atoms with Crippen LogP contribution in [0, 0.1) is 5.95 Å². The molecule has 1 atom stereocenters. The van der Waals surface area contributed by atoms with E-state index in [1.54, 1.807) is 50.2 Å². The number of allylic oxidation sites excluding steroid dienone is 4. The molecule has 3 rings (SSSR count). The Bertz CT molecular complexity index is 1040. The highest BCUT2D eigenvalue weighted by Gasteiger charge is 2.33. The van der Waals surface area contributed by atoms with E-state index in [-0.39, 0.29) is 17.5 Å². The van der Waals surface area contributed by atoms with Gasteiger partial charge in [-0.1, -0.05) is 19.9 Å². The van der Waals surface area contributed by atoms with Gasteiger partial charge in [0.2, 0.25) is 11.9 Å². The number of amides is 2. The highest BCUT2D eigenvalue weighted by Crippen LogP contribution is 2.25. The average molecular weight is 470 g/mol. The number of aldehydes is 1. The second-order valence-electron chi connectivity index (χ2n) is 7.74. The van der Waals surface area contributed by atoms with Crippen LogP contribution in [0.4, 0.5) is 4.39 Å². The molecule has 0 radical (unpaired) electrons. The molecule has 0 fully saturated rings. The number of likely N-dealkylation sites (N-methyl/N-ethyl adjacent to an activating group) is 1. The van der Waals surface area contributed by atoms with Crippen molar-refractivity contribution in [3.63, 3.8) is 0 Å². The van der Waals surface area contributed by atoms with Crippen molar-refractivity contribution in [3.05, 3.63) is 59.1 Å². The van der Waals surface area contributed by atoms with Gasteiger partial charge in [-0.25, -0.2) is 9.98 Å². The van der Waals surface area contributed by atoms with Gasteiger partial charge in [0.1, 0.15) is 23.8 Å². The van der Waals surface area contributed by atoms with Crippen molar-refractivity contribution in [2.75, 3.05) is 20.6 Å². The van der Waals surface area contributed by atoms with Gasteiger partial charge in [0.25, 0.3) is 5.91 Å². The molecule has 34 heavy (non-hydrogen) atoms. The van der Waals surface area contributed by atoms with Crippen LogP contribution in [0.2, 0.25) is 0 Å². The summed E-state index contributed by atoms with van der Waals surface area (Å²) in [4.78, 5) is 48.2. The van der Waals surface area contributed by atoms with E-state index >= 15 is 0 Å². The zero-order valence-electron chi connectivity index (χ0n) is 20.3. The van der Waals surface area contributed by atoms with Crippen LogP contribution in [0.15, 0.2) is 52.6 Å². The number of carbonyl (C=O) groups is 3. The van der Waals surface area contributed by atoms with Crippen LogP contribution in [-0.4, -0.2) is 65.8 Å². The van der Waals surface area contributed by atoms with Crippen LogP contribution in [-0.2, 0) is 14.4 Å². The summed E-state index contributed by atoms with van der Waals surface area (Å²) < 4.78 is 14.0. The molecule has 2 aliphatic rings. The number of carbonyl (C=O) groups excluding carboxylic acids is 3. The smallest absolute Gasteiger partial charge is 0.270 e. The summed E-state index contributed by atoms with van der Waals surface area (Å²) in [6.07, 6.45) is 8.67. The van der Waals surface area contributed by atoms with Gasteiger partial charge in [0, 0.05) is 49.8 Å². The first kappa shape index (κ1) is 26.6. The number of nitrogens with one attached hydrogen (secondary N) is 1.